The molecule has 0 radical (unpaired) electrons. The van der Waals surface area contributed by atoms with Gasteiger partial charge < -0.3 is 19.9 Å². The zero-order valence-corrected chi connectivity index (χ0v) is 19.9. The fourth-order valence-corrected chi connectivity index (χ4v) is 6.33. The molecule has 180 valence electrons. The van der Waals surface area contributed by atoms with Crippen LogP contribution in [0.4, 0.5) is 5.82 Å². The van der Waals surface area contributed by atoms with Gasteiger partial charge in [0.2, 0.25) is 10.0 Å². The van der Waals surface area contributed by atoms with Crippen molar-refractivity contribution in [2.75, 3.05) is 44.3 Å². The van der Waals surface area contributed by atoms with E-state index in [1.54, 1.807) is 0 Å². The van der Waals surface area contributed by atoms with Crippen LogP contribution < -0.4 is 10.9 Å². The third-order valence-electron chi connectivity index (χ3n) is 7.61. The topological polar surface area (TPSA) is 129 Å². The summed E-state index contributed by atoms with van der Waals surface area (Å²) in [6.45, 7) is 5.37. The van der Waals surface area contributed by atoms with Crippen molar-refractivity contribution in [3.63, 3.8) is 0 Å². The van der Waals surface area contributed by atoms with Gasteiger partial charge in [-0.05, 0) is 36.3 Å². The van der Waals surface area contributed by atoms with E-state index < -0.39 is 10.0 Å². The number of nitrogen functional groups attached to an aromatic ring is 1. The fraction of sp³-hybridized carbons (Fsp3) is 0.500. The predicted octanol–water partition coefficient (Wildman–Crippen LogP) is 1.79. The van der Waals surface area contributed by atoms with Gasteiger partial charge >= 0.3 is 0 Å². The lowest BCUT2D eigenvalue weighted by Crippen LogP contribution is -2.66. The summed E-state index contributed by atoms with van der Waals surface area (Å²) in [7, 11) is -3.51. The summed E-state index contributed by atoms with van der Waals surface area (Å²) >= 11 is 0. The van der Waals surface area contributed by atoms with Crippen LogP contribution in [0.5, 0.6) is 0 Å². The lowest BCUT2D eigenvalue weighted by Gasteiger charge is -2.56. The van der Waals surface area contributed by atoms with Gasteiger partial charge in [-0.1, -0.05) is 24.3 Å². The summed E-state index contributed by atoms with van der Waals surface area (Å²) in [6, 6.07) is 8.26. The number of hydrogen-bond donors (Lipinski definition) is 2. The van der Waals surface area contributed by atoms with Crippen LogP contribution in [0.3, 0.4) is 0 Å². The Hall–Kier alpha value is -2.53. The average Bonchev–Trinajstić information content (AvgIpc) is 3.09. The molecule has 0 unspecified atom stereocenters. The Morgan fingerprint density at radius 1 is 1.18 bits per heavy atom. The van der Waals surface area contributed by atoms with Gasteiger partial charge in [-0.25, -0.2) is 23.5 Å². The van der Waals surface area contributed by atoms with E-state index in [9.17, 15) is 8.42 Å². The zero-order valence-electron chi connectivity index (χ0n) is 19.1. The maximum Gasteiger partial charge on any atom is 0.209 e. The molecule has 3 aliphatic rings. The maximum absolute atomic E-state index is 11.4. The molecule has 1 aromatic carbocycles. The predicted molar refractivity (Wildman–Crippen MR) is 131 cm³/mol. The van der Waals surface area contributed by atoms with E-state index in [0.717, 1.165) is 60.3 Å². The highest BCUT2D eigenvalue weighted by molar-refractivity contribution is 7.89. The number of nitrogens with two attached hydrogens (primary N) is 2. The lowest BCUT2D eigenvalue weighted by molar-refractivity contribution is -0.192. The van der Waals surface area contributed by atoms with Gasteiger partial charge in [0.15, 0.2) is 0 Å². The molecule has 6 rings (SSSR count). The lowest BCUT2D eigenvalue weighted by atomic mass is 9.74. The standard InChI is InChI=1S/C24H30N6O3S/c25-22-21-20(18-3-1-2-16(6-18)4-5-34(26,31)32)10-30(23(21)28-15-27-22)19-7-17(8-19)9-29-11-24(12-29)13-33-14-24/h1-3,6,10,15,17,19H,4-5,7-9,11-14H2,(H2,25,27,28)(H2,26,31,32)/t17-,19+. The second-order valence-electron chi connectivity index (χ2n) is 10.4. The van der Waals surface area contributed by atoms with Crippen molar-refractivity contribution in [2.24, 2.45) is 16.5 Å². The van der Waals surface area contributed by atoms with E-state index in [1.165, 1.54) is 19.4 Å². The molecule has 2 saturated heterocycles. The number of anilines is 1. The normalized spacial score (nSPS) is 24.0. The van der Waals surface area contributed by atoms with Crippen molar-refractivity contribution in [3.05, 3.63) is 42.4 Å². The molecule has 1 aliphatic carbocycles. The Bertz CT molecular complexity index is 1340. The minimum absolute atomic E-state index is 0.0852. The minimum Gasteiger partial charge on any atom is -0.383 e. The monoisotopic (exact) mass is 482 g/mol. The molecule has 0 bridgehead atoms. The smallest absolute Gasteiger partial charge is 0.209 e. The molecule has 0 atom stereocenters. The first kappa shape index (κ1) is 22.0. The first-order valence-electron chi connectivity index (χ1n) is 11.8. The number of sulfonamides is 1. The highest BCUT2D eigenvalue weighted by Gasteiger charge is 2.49. The molecule has 3 fully saturated rings. The van der Waals surface area contributed by atoms with Gasteiger partial charge in [-0.3, -0.25) is 0 Å². The first-order valence-corrected chi connectivity index (χ1v) is 13.5. The third-order valence-corrected chi connectivity index (χ3v) is 8.38. The van der Waals surface area contributed by atoms with Crippen LogP contribution in [0.25, 0.3) is 22.2 Å². The van der Waals surface area contributed by atoms with Gasteiger partial charge in [0, 0.05) is 42.9 Å². The molecule has 4 N–H and O–H groups in total. The molecular formula is C24H30N6O3S. The molecule has 1 spiro atoms. The SMILES string of the molecule is Nc1ncnc2c1c(-c1cccc(CCS(N)(=O)=O)c1)cn2[C@H]1C[C@@H](CN2CC3(COC3)C2)C1. The molecule has 4 heterocycles. The van der Waals surface area contributed by atoms with Gasteiger partial charge in [0.05, 0.1) is 24.4 Å². The van der Waals surface area contributed by atoms with Crippen LogP contribution >= 0.6 is 0 Å². The van der Waals surface area contributed by atoms with Gasteiger partial charge in [-0.2, -0.15) is 0 Å². The highest BCUT2D eigenvalue weighted by Crippen LogP contribution is 2.45. The Morgan fingerprint density at radius 2 is 1.97 bits per heavy atom. The third kappa shape index (κ3) is 3.98. The van der Waals surface area contributed by atoms with E-state index in [1.807, 2.05) is 24.3 Å². The van der Waals surface area contributed by atoms with Crippen LogP contribution in [0.15, 0.2) is 36.8 Å². The van der Waals surface area contributed by atoms with Crippen molar-refractivity contribution in [1.29, 1.82) is 0 Å². The molecule has 2 aromatic heterocycles. The molecule has 9 nitrogen and oxygen atoms in total. The van der Waals surface area contributed by atoms with Crippen molar-refractivity contribution >= 4 is 26.9 Å². The molecule has 1 saturated carbocycles. The molecule has 0 amide bonds. The van der Waals surface area contributed by atoms with Crippen LogP contribution in [0, 0.1) is 11.3 Å². The minimum atomic E-state index is -3.51. The first-order chi connectivity index (χ1) is 16.3. The summed E-state index contributed by atoms with van der Waals surface area (Å²) in [5.74, 6) is 1.07. The summed E-state index contributed by atoms with van der Waals surface area (Å²) < 4.78 is 30.4. The summed E-state index contributed by atoms with van der Waals surface area (Å²) in [4.78, 5) is 11.4. The second-order valence-corrected chi connectivity index (χ2v) is 12.1. The molecule has 10 heteroatoms. The van der Waals surface area contributed by atoms with E-state index in [4.69, 9.17) is 15.6 Å². The maximum atomic E-state index is 11.4. The van der Waals surface area contributed by atoms with Crippen LogP contribution in [0.2, 0.25) is 0 Å². The number of aromatic nitrogens is 3. The van der Waals surface area contributed by atoms with Crippen molar-refractivity contribution in [3.8, 4) is 11.1 Å². The quantitative estimate of drug-likeness (QED) is 0.525. The van der Waals surface area contributed by atoms with E-state index >= 15 is 0 Å². The van der Waals surface area contributed by atoms with E-state index in [0.29, 0.717) is 29.6 Å². The van der Waals surface area contributed by atoms with Crippen molar-refractivity contribution < 1.29 is 13.2 Å². The number of likely N-dealkylation sites (tertiary alicyclic amines) is 1. The number of rotatable bonds is 7. The number of primary sulfonamides is 1. The molecule has 3 aromatic rings. The summed E-state index contributed by atoms with van der Waals surface area (Å²) in [6.07, 6.45) is 6.28. The zero-order chi connectivity index (χ0) is 23.5. The van der Waals surface area contributed by atoms with Crippen molar-refractivity contribution in [1.82, 2.24) is 19.4 Å². The molecular weight excluding hydrogens is 452 g/mol. The number of aryl methyl sites for hydroxylation is 1. The van der Waals surface area contributed by atoms with Gasteiger partial charge in [-0.15, -0.1) is 0 Å². The fourth-order valence-electron chi connectivity index (χ4n) is 5.81. The highest BCUT2D eigenvalue weighted by atomic mass is 32.2. The average molecular weight is 483 g/mol. The number of hydrogen-bond acceptors (Lipinski definition) is 7. The largest absolute Gasteiger partial charge is 0.383 e. The Morgan fingerprint density at radius 3 is 2.68 bits per heavy atom. The summed E-state index contributed by atoms with van der Waals surface area (Å²) in [5.41, 5.74) is 10.5. The van der Waals surface area contributed by atoms with E-state index in [-0.39, 0.29) is 5.75 Å². The van der Waals surface area contributed by atoms with Gasteiger partial charge in [0.25, 0.3) is 0 Å². The van der Waals surface area contributed by atoms with Crippen LogP contribution in [-0.2, 0) is 21.2 Å². The number of nitrogens with zero attached hydrogens (tertiary/aromatic N) is 4. The number of ether oxygens (including phenoxy) is 1. The number of fused-ring (bicyclic) bond motifs is 1. The van der Waals surface area contributed by atoms with Gasteiger partial charge in [0.1, 0.15) is 17.8 Å². The Kier molecular flexibility index (Phi) is 5.18. The van der Waals surface area contributed by atoms with E-state index in [2.05, 4.69) is 25.6 Å². The Labute approximate surface area is 199 Å². The molecule has 34 heavy (non-hydrogen) atoms. The van der Waals surface area contributed by atoms with Crippen LogP contribution in [0.1, 0.15) is 24.4 Å². The summed E-state index contributed by atoms with van der Waals surface area (Å²) in [5, 5.41) is 6.04. The van der Waals surface area contributed by atoms with Crippen LogP contribution in [-0.4, -0.2) is 66.5 Å². The Balaban J connectivity index is 1.22. The molecule has 2 aliphatic heterocycles. The second kappa shape index (κ2) is 8.01. The number of benzene rings is 1. The van der Waals surface area contributed by atoms with Crippen molar-refractivity contribution in [2.45, 2.75) is 25.3 Å².